The van der Waals surface area contributed by atoms with Gasteiger partial charge in [-0.2, -0.15) is 0 Å². The van der Waals surface area contributed by atoms with Crippen LogP contribution in [0.15, 0.2) is 18.3 Å². The van der Waals surface area contributed by atoms with E-state index in [4.69, 9.17) is 4.74 Å². The molecule has 138 valence electrons. The Morgan fingerprint density at radius 3 is 2.60 bits per heavy atom. The Labute approximate surface area is 150 Å². The predicted octanol–water partition coefficient (Wildman–Crippen LogP) is 1.86. The normalized spacial score (nSPS) is 27.5. The number of rotatable bonds is 4. The Morgan fingerprint density at radius 2 is 2.00 bits per heavy atom. The van der Waals surface area contributed by atoms with Crippen molar-refractivity contribution in [1.29, 1.82) is 0 Å². The third kappa shape index (κ3) is 4.30. The average Bonchev–Trinajstić information content (AvgIpc) is 3.01. The first kappa shape index (κ1) is 18.1. The summed E-state index contributed by atoms with van der Waals surface area (Å²) in [4.78, 5) is 23.7. The van der Waals surface area contributed by atoms with Crippen LogP contribution >= 0.6 is 0 Å². The van der Waals surface area contributed by atoms with Gasteiger partial charge < -0.3 is 14.5 Å². The van der Waals surface area contributed by atoms with E-state index in [1.807, 2.05) is 36.0 Å². The summed E-state index contributed by atoms with van der Waals surface area (Å²) < 4.78 is 5.82. The minimum absolute atomic E-state index is 0.106. The minimum Gasteiger partial charge on any atom is -0.373 e. The quantitative estimate of drug-likeness (QED) is 0.833. The molecule has 0 saturated carbocycles. The maximum Gasteiger partial charge on any atom is 0.255 e. The molecule has 0 spiro atoms. The van der Waals surface area contributed by atoms with Gasteiger partial charge in [-0.15, -0.1) is 0 Å². The van der Waals surface area contributed by atoms with Gasteiger partial charge in [-0.3, -0.25) is 9.69 Å². The number of ether oxygens (including phenoxy) is 1. The molecule has 3 atom stereocenters. The molecule has 2 fully saturated rings. The van der Waals surface area contributed by atoms with E-state index in [9.17, 15) is 4.79 Å². The molecule has 25 heavy (non-hydrogen) atoms. The van der Waals surface area contributed by atoms with E-state index in [2.05, 4.69) is 23.7 Å². The number of anilines is 1. The van der Waals surface area contributed by atoms with Crippen LogP contribution in [0.5, 0.6) is 0 Å². The van der Waals surface area contributed by atoms with Crippen molar-refractivity contribution < 1.29 is 9.53 Å². The van der Waals surface area contributed by atoms with Crippen molar-refractivity contribution in [3.05, 3.63) is 23.9 Å². The number of amides is 1. The van der Waals surface area contributed by atoms with Gasteiger partial charge in [-0.25, -0.2) is 4.98 Å². The molecule has 3 rings (SSSR count). The molecule has 0 aromatic carbocycles. The van der Waals surface area contributed by atoms with Gasteiger partial charge in [0.05, 0.1) is 17.8 Å². The molecule has 6 nitrogen and oxygen atoms in total. The van der Waals surface area contributed by atoms with Crippen molar-refractivity contribution in [2.45, 2.75) is 44.9 Å². The van der Waals surface area contributed by atoms with Gasteiger partial charge in [0.1, 0.15) is 5.82 Å². The standard InChI is InChI=1S/C19H30N4O2/c1-14-11-22(12-15(2)25-14)13-17-6-5-9-23(17)19(24)16-7-8-18(20-10-16)21(3)4/h7-8,10,14-15,17H,5-6,9,11-13H2,1-4H3/t14-,15+,17-/m1/s1. The van der Waals surface area contributed by atoms with Crippen LogP contribution in [0.25, 0.3) is 0 Å². The summed E-state index contributed by atoms with van der Waals surface area (Å²) >= 11 is 0. The van der Waals surface area contributed by atoms with Crippen LogP contribution in [-0.2, 0) is 4.74 Å². The number of pyridine rings is 1. The third-order valence-electron chi connectivity index (χ3n) is 5.06. The number of carbonyl (C=O) groups excluding carboxylic acids is 1. The molecule has 2 saturated heterocycles. The summed E-state index contributed by atoms with van der Waals surface area (Å²) in [6.45, 7) is 7.92. The second-order valence-electron chi connectivity index (χ2n) is 7.57. The molecular weight excluding hydrogens is 316 g/mol. The highest BCUT2D eigenvalue weighted by molar-refractivity contribution is 5.94. The van der Waals surface area contributed by atoms with Crippen LogP contribution < -0.4 is 4.90 Å². The monoisotopic (exact) mass is 346 g/mol. The topological polar surface area (TPSA) is 48.9 Å². The molecule has 0 bridgehead atoms. The number of likely N-dealkylation sites (tertiary alicyclic amines) is 1. The van der Waals surface area contributed by atoms with Gasteiger partial charge in [-0.05, 0) is 38.8 Å². The molecular formula is C19H30N4O2. The Bertz CT molecular complexity index is 580. The number of nitrogens with zero attached hydrogens (tertiary/aromatic N) is 4. The summed E-state index contributed by atoms with van der Waals surface area (Å²) in [7, 11) is 3.90. The number of morpholine rings is 1. The van der Waals surface area contributed by atoms with E-state index in [-0.39, 0.29) is 18.1 Å². The zero-order valence-corrected chi connectivity index (χ0v) is 15.8. The molecule has 6 heteroatoms. The van der Waals surface area contributed by atoms with Crippen LogP contribution in [0.4, 0.5) is 5.82 Å². The van der Waals surface area contributed by atoms with E-state index in [0.29, 0.717) is 11.6 Å². The van der Waals surface area contributed by atoms with Crippen LogP contribution in [0, 0.1) is 0 Å². The molecule has 1 aromatic heterocycles. The van der Waals surface area contributed by atoms with Crippen molar-refractivity contribution in [2.75, 3.05) is 45.2 Å². The number of carbonyl (C=O) groups is 1. The summed E-state index contributed by atoms with van der Waals surface area (Å²) in [5.74, 6) is 0.973. The van der Waals surface area contributed by atoms with Crippen molar-refractivity contribution in [2.24, 2.45) is 0 Å². The number of hydrogen-bond donors (Lipinski definition) is 0. The van der Waals surface area contributed by atoms with Crippen LogP contribution in [-0.4, -0.2) is 79.2 Å². The van der Waals surface area contributed by atoms with Gasteiger partial charge >= 0.3 is 0 Å². The van der Waals surface area contributed by atoms with E-state index < -0.39 is 0 Å². The zero-order chi connectivity index (χ0) is 18.0. The molecule has 0 radical (unpaired) electrons. The summed E-state index contributed by atoms with van der Waals surface area (Å²) in [5, 5.41) is 0. The first-order chi connectivity index (χ1) is 11.9. The lowest BCUT2D eigenvalue weighted by Crippen LogP contribution is -2.50. The van der Waals surface area contributed by atoms with E-state index in [0.717, 1.165) is 44.8 Å². The maximum absolute atomic E-state index is 12.9. The fourth-order valence-corrected chi connectivity index (χ4v) is 3.97. The van der Waals surface area contributed by atoms with Crippen LogP contribution in [0.2, 0.25) is 0 Å². The number of aromatic nitrogens is 1. The Balaban J connectivity index is 1.65. The smallest absolute Gasteiger partial charge is 0.255 e. The van der Waals surface area contributed by atoms with Crippen molar-refractivity contribution in [1.82, 2.24) is 14.8 Å². The van der Waals surface area contributed by atoms with Crippen LogP contribution in [0.3, 0.4) is 0 Å². The fourth-order valence-electron chi connectivity index (χ4n) is 3.97. The maximum atomic E-state index is 12.9. The number of hydrogen-bond acceptors (Lipinski definition) is 5. The molecule has 2 aliphatic rings. The Hall–Kier alpha value is -1.66. The third-order valence-corrected chi connectivity index (χ3v) is 5.06. The largest absolute Gasteiger partial charge is 0.373 e. The fraction of sp³-hybridized carbons (Fsp3) is 0.684. The zero-order valence-electron chi connectivity index (χ0n) is 15.8. The Kier molecular flexibility index (Phi) is 5.59. The lowest BCUT2D eigenvalue weighted by atomic mass is 10.1. The highest BCUT2D eigenvalue weighted by Gasteiger charge is 2.33. The van der Waals surface area contributed by atoms with Gasteiger partial charge in [0.2, 0.25) is 0 Å². The van der Waals surface area contributed by atoms with E-state index >= 15 is 0 Å². The summed E-state index contributed by atoms with van der Waals surface area (Å²) in [5.41, 5.74) is 0.682. The first-order valence-electron chi connectivity index (χ1n) is 9.26. The average molecular weight is 346 g/mol. The highest BCUT2D eigenvalue weighted by Crippen LogP contribution is 2.23. The summed E-state index contributed by atoms with van der Waals surface area (Å²) in [6, 6.07) is 4.08. The predicted molar refractivity (Wildman–Crippen MR) is 99.1 cm³/mol. The Morgan fingerprint density at radius 1 is 1.28 bits per heavy atom. The van der Waals surface area contributed by atoms with Gasteiger partial charge in [0, 0.05) is 52.5 Å². The lowest BCUT2D eigenvalue weighted by molar-refractivity contribution is -0.0715. The van der Waals surface area contributed by atoms with Crippen LogP contribution in [0.1, 0.15) is 37.0 Å². The SMILES string of the molecule is C[C@@H]1CN(C[C@H]2CCCN2C(=O)c2ccc(N(C)C)nc2)C[C@H](C)O1. The lowest BCUT2D eigenvalue weighted by Gasteiger charge is -2.38. The minimum atomic E-state index is 0.106. The first-order valence-corrected chi connectivity index (χ1v) is 9.26. The van der Waals surface area contributed by atoms with Gasteiger partial charge in [0.25, 0.3) is 5.91 Å². The molecule has 2 aliphatic heterocycles. The molecule has 1 amide bonds. The van der Waals surface area contributed by atoms with Crippen molar-refractivity contribution in [3.63, 3.8) is 0 Å². The second-order valence-corrected chi connectivity index (χ2v) is 7.57. The molecule has 0 N–H and O–H groups in total. The van der Waals surface area contributed by atoms with Crippen molar-refractivity contribution >= 4 is 11.7 Å². The van der Waals surface area contributed by atoms with Gasteiger partial charge in [-0.1, -0.05) is 0 Å². The van der Waals surface area contributed by atoms with Gasteiger partial charge in [0.15, 0.2) is 0 Å². The second kappa shape index (κ2) is 7.70. The van der Waals surface area contributed by atoms with Crippen molar-refractivity contribution in [3.8, 4) is 0 Å². The molecule has 3 heterocycles. The molecule has 0 aliphatic carbocycles. The highest BCUT2D eigenvalue weighted by atomic mass is 16.5. The summed E-state index contributed by atoms with van der Waals surface area (Å²) in [6.07, 6.45) is 4.38. The van der Waals surface area contributed by atoms with E-state index in [1.165, 1.54) is 0 Å². The van der Waals surface area contributed by atoms with E-state index in [1.54, 1.807) is 6.20 Å². The molecule has 1 aromatic rings. The molecule has 0 unspecified atom stereocenters.